The molecule has 0 fully saturated rings. The minimum absolute atomic E-state index is 0.0362. The van der Waals surface area contributed by atoms with E-state index in [0.717, 1.165) is 0 Å². The first-order chi connectivity index (χ1) is 9.56. The third-order valence-corrected chi connectivity index (χ3v) is 3.40. The lowest BCUT2D eigenvalue weighted by molar-refractivity contribution is 0.248. The van der Waals surface area contributed by atoms with E-state index >= 15 is 0 Å². The molecule has 20 heavy (non-hydrogen) atoms. The van der Waals surface area contributed by atoms with Crippen LogP contribution in [0.1, 0.15) is 25.3 Å². The molecule has 1 heterocycles. The molecule has 2 aromatic rings. The first-order valence-corrected chi connectivity index (χ1v) is 6.67. The van der Waals surface area contributed by atoms with E-state index in [-0.39, 0.29) is 18.0 Å². The standard InChI is InChI=1S/C15H20N4O/c1-11(13-7-5-4-6-8-13)12(2)17-15(20)18-14-9-16-19(3)10-14/h4-12H,1-3H3,(H2,17,18,20)/t11-,12+/m0/s1. The number of hydrogen-bond donors (Lipinski definition) is 2. The van der Waals surface area contributed by atoms with E-state index < -0.39 is 0 Å². The van der Waals surface area contributed by atoms with Gasteiger partial charge in [-0.15, -0.1) is 0 Å². The quantitative estimate of drug-likeness (QED) is 0.899. The molecule has 2 amide bonds. The summed E-state index contributed by atoms with van der Waals surface area (Å²) in [6, 6.07) is 9.97. The average molecular weight is 272 g/mol. The number of aryl methyl sites for hydroxylation is 1. The number of amides is 2. The Kier molecular flexibility index (Phi) is 4.40. The number of carbonyl (C=O) groups excluding carboxylic acids is 1. The van der Waals surface area contributed by atoms with Crippen LogP contribution in [0.4, 0.5) is 10.5 Å². The number of aromatic nitrogens is 2. The fourth-order valence-electron chi connectivity index (χ4n) is 2.03. The first-order valence-electron chi connectivity index (χ1n) is 6.67. The van der Waals surface area contributed by atoms with Crippen LogP contribution in [0.5, 0.6) is 0 Å². The van der Waals surface area contributed by atoms with Crippen LogP contribution in [-0.4, -0.2) is 21.9 Å². The van der Waals surface area contributed by atoms with Crippen LogP contribution in [0.15, 0.2) is 42.7 Å². The molecular formula is C15H20N4O. The Morgan fingerprint density at radius 2 is 1.95 bits per heavy atom. The fourth-order valence-corrected chi connectivity index (χ4v) is 2.03. The van der Waals surface area contributed by atoms with Crippen molar-refractivity contribution in [3.63, 3.8) is 0 Å². The highest BCUT2D eigenvalue weighted by molar-refractivity contribution is 5.89. The number of anilines is 1. The Hall–Kier alpha value is -2.30. The molecule has 0 radical (unpaired) electrons. The van der Waals surface area contributed by atoms with Crippen LogP contribution in [0.2, 0.25) is 0 Å². The van der Waals surface area contributed by atoms with Gasteiger partial charge in [0, 0.05) is 25.2 Å². The van der Waals surface area contributed by atoms with Gasteiger partial charge in [-0.3, -0.25) is 4.68 Å². The van der Waals surface area contributed by atoms with Gasteiger partial charge in [-0.05, 0) is 12.5 Å². The van der Waals surface area contributed by atoms with Crippen molar-refractivity contribution in [3.05, 3.63) is 48.3 Å². The Balaban J connectivity index is 1.90. The van der Waals surface area contributed by atoms with E-state index in [1.165, 1.54) is 5.56 Å². The lowest BCUT2D eigenvalue weighted by Gasteiger charge is -2.21. The monoisotopic (exact) mass is 272 g/mol. The van der Waals surface area contributed by atoms with Crippen molar-refractivity contribution in [2.24, 2.45) is 7.05 Å². The highest BCUT2D eigenvalue weighted by Gasteiger charge is 2.16. The SMILES string of the molecule is C[C@H](c1ccccc1)[C@@H](C)NC(=O)Nc1cnn(C)c1. The van der Waals surface area contributed by atoms with E-state index in [2.05, 4.69) is 34.8 Å². The van der Waals surface area contributed by atoms with E-state index in [1.807, 2.05) is 32.2 Å². The Morgan fingerprint density at radius 3 is 2.55 bits per heavy atom. The lowest BCUT2D eigenvalue weighted by atomic mass is 9.95. The van der Waals surface area contributed by atoms with Crippen molar-refractivity contribution in [1.29, 1.82) is 0 Å². The number of hydrogen-bond acceptors (Lipinski definition) is 2. The number of urea groups is 1. The van der Waals surface area contributed by atoms with E-state index in [9.17, 15) is 4.79 Å². The second-order valence-electron chi connectivity index (χ2n) is 4.99. The van der Waals surface area contributed by atoms with Gasteiger partial charge in [0.05, 0.1) is 11.9 Å². The Labute approximate surface area is 119 Å². The maximum absolute atomic E-state index is 11.9. The van der Waals surface area contributed by atoms with Crippen molar-refractivity contribution in [3.8, 4) is 0 Å². The van der Waals surface area contributed by atoms with E-state index in [4.69, 9.17) is 0 Å². The van der Waals surface area contributed by atoms with Crippen LogP contribution in [0.3, 0.4) is 0 Å². The molecule has 106 valence electrons. The van der Waals surface area contributed by atoms with Gasteiger partial charge in [0.15, 0.2) is 0 Å². The summed E-state index contributed by atoms with van der Waals surface area (Å²) in [7, 11) is 1.81. The first kappa shape index (κ1) is 14.1. The van der Waals surface area contributed by atoms with Gasteiger partial charge >= 0.3 is 6.03 Å². The summed E-state index contributed by atoms with van der Waals surface area (Å²) < 4.78 is 1.64. The van der Waals surface area contributed by atoms with Crippen LogP contribution < -0.4 is 10.6 Å². The second kappa shape index (κ2) is 6.23. The van der Waals surface area contributed by atoms with Crippen LogP contribution in [-0.2, 0) is 7.05 Å². The summed E-state index contributed by atoms with van der Waals surface area (Å²) in [5.74, 6) is 0.246. The third-order valence-electron chi connectivity index (χ3n) is 3.40. The minimum Gasteiger partial charge on any atom is -0.335 e. The Bertz CT molecular complexity index is 564. The van der Waals surface area contributed by atoms with Crippen molar-refractivity contribution < 1.29 is 4.79 Å². The third kappa shape index (κ3) is 3.60. The smallest absolute Gasteiger partial charge is 0.319 e. The van der Waals surface area contributed by atoms with Gasteiger partial charge in [0.1, 0.15) is 0 Å². The zero-order chi connectivity index (χ0) is 14.5. The number of nitrogens with zero attached hydrogens (tertiary/aromatic N) is 2. The predicted octanol–water partition coefficient (Wildman–Crippen LogP) is 2.73. The van der Waals surface area contributed by atoms with Crippen molar-refractivity contribution in [2.75, 3.05) is 5.32 Å². The lowest BCUT2D eigenvalue weighted by Crippen LogP contribution is -2.38. The molecule has 0 aliphatic heterocycles. The normalized spacial score (nSPS) is 13.6. The molecule has 0 saturated carbocycles. The molecular weight excluding hydrogens is 252 g/mol. The highest BCUT2D eigenvalue weighted by atomic mass is 16.2. The summed E-state index contributed by atoms with van der Waals surface area (Å²) in [4.78, 5) is 11.9. The summed E-state index contributed by atoms with van der Waals surface area (Å²) in [6.45, 7) is 4.10. The summed E-state index contributed by atoms with van der Waals surface area (Å²) in [5.41, 5.74) is 1.89. The molecule has 0 unspecified atom stereocenters. The predicted molar refractivity (Wildman–Crippen MR) is 79.7 cm³/mol. The number of benzene rings is 1. The van der Waals surface area contributed by atoms with Gasteiger partial charge in [0.2, 0.25) is 0 Å². The van der Waals surface area contributed by atoms with Crippen molar-refractivity contribution in [1.82, 2.24) is 15.1 Å². The molecule has 5 heteroatoms. The number of carbonyl (C=O) groups is 1. The summed E-state index contributed by atoms with van der Waals surface area (Å²) in [5, 5.41) is 9.72. The highest BCUT2D eigenvalue weighted by Crippen LogP contribution is 2.18. The molecule has 2 N–H and O–H groups in total. The zero-order valence-electron chi connectivity index (χ0n) is 12.0. The molecule has 0 aliphatic rings. The van der Waals surface area contributed by atoms with E-state index in [1.54, 1.807) is 17.1 Å². The second-order valence-corrected chi connectivity index (χ2v) is 4.99. The van der Waals surface area contributed by atoms with Gasteiger partial charge in [-0.2, -0.15) is 5.10 Å². The number of nitrogens with one attached hydrogen (secondary N) is 2. The molecule has 0 aliphatic carbocycles. The molecule has 1 aromatic heterocycles. The van der Waals surface area contributed by atoms with Crippen LogP contribution >= 0.6 is 0 Å². The molecule has 2 rings (SSSR count). The topological polar surface area (TPSA) is 59.0 Å². The van der Waals surface area contributed by atoms with Gasteiger partial charge in [0.25, 0.3) is 0 Å². The van der Waals surface area contributed by atoms with Gasteiger partial charge in [-0.25, -0.2) is 4.79 Å². The maximum atomic E-state index is 11.9. The molecule has 2 atom stereocenters. The van der Waals surface area contributed by atoms with E-state index in [0.29, 0.717) is 5.69 Å². The molecule has 5 nitrogen and oxygen atoms in total. The summed E-state index contributed by atoms with van der Waals surface area (Å²) >= 11 is 0. The van der Waals surface area contributed by atoms with Crippen molar-refractivity contribution >= 4 is 11.7 Å². The molecule has 0 saturated heterocycles. The zero-order valence-corrected chi connectivity index (χ0v) is 12.0. The van der Waals surface area contributed by atoms with Gasteiger partial charge in [-0.1, -0.05) is 37.3 Å². The largest absolute Gasteiger partial charge is 0.335 e. The molecule has 0 bridgehead atoms. The Morgan fingerprint density at radius 1 is 1.25 bits per heavy atom. The minimum atomic E-state index is -0.215. The molecule has 0 spiro atoms. The van der Waals surface area contributed by atoms with Gasteiger partial charge < -0.3 is 10.6 Å². The van der Waals surface area contributed by atoms with Crippen LogP contribution in [0.25, 0.3) is 0 Å². The maximum Gasteiger partial charge on any atom is 0.319 e. The van der Waals surface area contributed by atoms with Crippen molar-refractivity contribution in [2.45, 2.75) is 25.8 Å². The van der Waals surface area contributed by atoms with Crippen LogP contribution in [0, 0.1) is 0 Å². The average Bonchev–Trinajstić information content (AvgIpc) is 2.84. The fraction of sp³-hybridized carbons (Fsp3) is 0.333. The number of rotatable bonds is 4. The molecule has 1 aromatic carbocycles. The summed E-state index contributed by atoms with van der Waals surface area (Å²) in [6.07, 6.45) is 3.37.